The van der Waals surface area contributed by atoms with Crippen molar-refractivity contribution in [3.05, 3.63) is 60.0 Å². The van der Waals surface area contributed by atoms with Crippen LogP contribution in [0.2, 0.25) is 0 Å². The fraction of sp³-hybridized carbons (Fsp3) is 0.600. The van der Waals surface area contributed by atoms with Gasteiger partial charge in [-0.05, 0) is 90.7 Å². The molecule has 164 valence electrons. The van der Waals surface area contributed by atoms with Gasteiger partial charge in [-0.3, -0.25) is 9.88 Å². The highest BCUT2D eigenvalue weighted by molar-refractivity contribution is 5.27. The van der Waals surface area contributed by atoms with E-state index in [2.05, 4.69) is 54.1 Å². The Balaban J connectivity index is 0.000000806. The molecule has 1 aliphatic heterocycles. The fourth-order valence-electron chi connectivity index (χ4n) is 4.97. The molecule has 3 heterocycles. The molecule has 30 heavy (non-hydrogen) atoms. The van der Waals surface area contributed by atoms with Crippen LogP contribution >= 0.6 is 0 Å². The van der Waals surface area contributed by atoms with Crippen molar-refractivity contribution in [3.63, 3.8) is 0 Å². The van der Waals surface area contributed by atoms with E-state index >= 15 is 0 Å². The highest BCUT2D eigenvalue weighted by Gasteiger charge is 2.37. The first-order chi connectivity index (χ1) is 14.5. The van der Waals surface area contributed by atoms with Gasteiger partial charge < -0.3 is 9.47 Å². The van der Waals surface area contributed by atoms with Gasteiger partial charge in [0.25, 0.3) is 0 Å². The second kappa shape index (κ2) is 10.9. The lowest BCUT2D eigenvalue weighted by molar-refractivity contribution is 0.0662. The van der Waals surface area contributed by atoms with Crippen molar-refractivity contribution in [2.45, 2.75) is 65.1 Å². The molecule has 0 amide bonds. The second-order valence-electron chi connectivity index (χ2n) is 8.94. The summed E-state index contributed by atoms with van der Waals surface area (Å²) < 4.78 is 2.43. The molecular weight excluding hydrogens is 370 g/mol. The number of pyridine rings is 1. The monoisotopic (exact) mass is 409 g/mol. The predicted molar refractivity (Wildman–Crippen MR) is 124 cm³/mol. The molecule has 0 spiro atoms. The summed E-state index contributed by atoms with van der Waals surface area (Å²) in [6.45, 7) is 11.7. The number of imidazole rings is 1. The van der Waals surface area contributed by atoms with Crippen molar-refractivity contribution in [2.75, 3.05) is 27.2 Å². The standard InChI is InChI=1S/C22H33N5.C3H6/c1-17-15-24-20(27(17)14-6-12-25(2)3)16-26-13-5-8-19-10-9-18-7-4-11-23-21(18)22(19)26;1-3-2/h4,7,11,15,19,22H,5-6,8-10,12-14,16H2,1-3H3;3H,1H2,2H3. The van der Waals surface area contributed by atoms with Crippen LogP contribution in [0.25, 0.3) is 0 Å². The summed E-state index contributed by atoms with van der Waals surface area (Å²) in [5, 5.41) is 0. The average Bonchev–Trinajstić information content (AvgIpc) is 3.08. The minimum absolute atomic E-state index is 0.468. The number of piperidine rings is 1. The first-order valence-corrected chi connectivity index (χ1v) is 11.5. The van der Waals surface area contributed by atoms with Gasteiger partial charge in [-0.25, -0.2) is 4.98 Å². The zero-order chi connectivity index (χ0) is 21.5. The molecule has 0 bridgehead atoms. The Hall–Kier alpha value is -1.98. The van der Waals surface area contributed by atoms with Gasteiger partial charge in [0, 0.05) is 24.6 Å². The number of likely N-dealkylation sites (tertiary alicyclic amines) is 1. The SMILES string of the molecule is C=CC.Cc1cnc(CN2CCCC3CCc4cccnc4C32)n1CCCN(C)C. The number of rotatable bonds is 6. The minimum Gasteiger partial charge on any atom is -0.331 e. The number of aryl methyl sites for hydroxylation is 2. The summed E-state index contributed by atoms with van der Waals surface area (Å²) in [7, 11) is 4.28. The summed E-state index contributed by atoms with van der Waals surface area (Å²) in [4.78, 5) is 14.5. The van der Waals surface area contributed by atoms with Crippen LogP contribution in [-0.2, 0) is 19.5 Å². The Morgan fingerprint density at radius 2 is 2.07 bits per heavy atom. The molecule has 1 aliphatic carbocycles. The lowest BCUT2D eigenvalue weighted by Gasteiger charge is -2.44. The van der Waals surface area contributed by atoms with E-state index in [4.69, 9.17) is 9.97 Å². The zero-order valence-electron chi connectivity index (χ0n) is 19.3. The van der Waals surface area contributed by atoms with Crippen molar-refractivity contribution >= 4 is 0 Å². The fourth-order valence-corrected chi connectivity index (χ4v) is 4.97. The Kier molecular flexibility index (Phi) is 8.23. The molecule has 2 aliphatic rings. The largest absolute Gasteiger partial charge is 0.331 e. The van der Waals surface area contributed by atoms with Gasteiger partial charge in [0.15, 0.2) is 0 Å². The Bertz CT molecular complexity index is 810. The van der Waals surface area contributed by atoms with E-state index in [9.17, 15) is 0 Å². The van der Waals surface area contributed by atoms with Gasteiger partial charge >= 0.3 is 0 Å². The molecule has 1 fully saturated rings. The minimum atomic E-state index is 0.468. The molecule has 0 N–H and O–H groups in total. The lowest BCUT2D eigenvalue weighted by atomic mass is 9.77. The molecule has 4 rings (SSSR count). The lowest BCUT2D eigenvalue weighted by Crippen LogP contribution is -2.42. The van der Waals surface area contributed by atoms with E-state index in [1.165, 1.54) is 48.5 Å². The third kappa shape index (κ3) is 5.38. The van der Waals surface area contributed by atoms with Crippen molar-refractivity contribution in [2.24, 2.45) is 5.92 Å². The summed E-state index contributed by atoms with van der Waals surface area (Å²) in [5.41, 5.74) is 4.06. The molecule has 0 aromatic carbocycles. The summed E-state index contributed by atoms with van der Waals surface area (Å²) in [6, 6.07) is 4.83. The van der Waals surface area contributed by atoms with Crippen LogP contribution in [0.15, 0.2) is 37.2 Å². The molecule has 5 heteroatoms. The summed E-state index contributed by atoms with van der Waals surface area (Å²) >= 11 is 0. The molecule has 2 unspecified atom stereocenters. The number of hydrogen-bond donors (Lipinski definition) is 0. The number of nitrogens with zero attached hydrogens (tertiary/aromatic N) is 5. The first kappa shape index (κ1) is 22.7. The summed E-state index contributed by atoms with van der Waals surface area (Å²) in [5.74, 6) is 1.97. The van der Waals surface area contributed by atoms with Crippen molar-refractivity contribution in [3.8, 4) is 0 Å². The van der Waals surface area contributed by atoms with Crippen LogP contribution in [0.4, 0.5) is 0 Å². The van der Waals surface area contributed by atoms with Crippen LogP contribution in [-0.4, -0.2) is 51.5 Å². The average molecular weight is 410 g/mol. The Labute approximate surface area is 182 Å². The molecule has 1 saturated heterocycles. The first-order valence-electron chi connectivity index (χ1n) is 11.5. The van der Waals surface area contributed by atoms with Crippen LogP contribution in [0.3, 0.4) is 0 Å². The Morgan fingerprint density at radius 1 is 1.27 bits per heavy atom. The highest BCUT2D eigenvalue weighted by atomic mass is 15.2. The van der Waals surface area contributed by atoms with E-state index in [-0.39, 0.29) is 0 Å². The smallest absolute Gasteiger partial charge is 0.123 e. The van der Waals surface area contributed by atoms with Crippen LogP contribution in [0.1, 0.15) is 61.4 Å². The van der Waals surface area contributed by atoms with Gasteiger partial charge in [-0.15, -0.1) is 6.58 Å². The van der Waals surface area contributed by atoms with Crippen molar-refractivity contribution in [1.82, 2.24) is 24.3 Å². The molecular formula is C25H39N5. The molecule has 0 radical (unpaired) electrons. The maximum absolute atomic E-state index is 4.82. The normalized spacial score (nSPS) is 20.8. The molecule has 2 atom stereocenters. The van der Waals surface area contributed by atoms with Crippen LogP contribution < -0.4 is 0 Å². The number of aromatic nitrogens is 3. The quantitative estimate of drug-likeness (QED) is 0.652. The van der Waals surface area contributed by atoms with Gasteiger partial charge in [-0.2, -0.15) is 0 Å². The molecule has 2 aromatic heterocycles. The second-order valence-corrected chi connectivity index (χ2v) is 8.94. The van der Waals surface area contributed by atoms with E-state index in [1.54, 1.807) is 6.08 Å². The van der Waals surface area contributed by atoms with E-state index in [0.717, 1.165) is 38.5 Å². The maximum Gasteiger partial charge on any atom is 0.123 e. The van der Waals surface area contributed by atoms with Gasteiger partial charge in [-0.1, -0.05) is 12.1 Å². The van der Waals surface area contributed by atoms with E-state index in [0.29, 0.717) is 6.04 Å². The maximum atomic E-state index is 4.82. The van der Waals surface area contributed by atoms with E-state index in [1.807, 2.05) is 19.3 Å². The third-order valence-corrected chi connectivity index (χ3v) is 6.32. The predicted octanol–water partition coefficient (Wildman–Crippen LogP) is 4.63. The van der Waals surface area contributed by atoms with Crippen LogP contribution in [0, 0.1) is 12.8 Å². The highest BCUT2D eigenvalue weighted by Crippen LogP contribution is 2.43. The van der Waals surface area contributed by atoms with E-state index < -0.39 is 0 Å². The zero-order valence-corrected chi connectivity index (χ0v) is 19.3. The Morgan fingerprint density at radius 3 is 2.83 bits per heavy atom. The summed E-state index contributed by atoms with van der Waals surface area (Å²) in [6.07, 6.45) is 12.1. The van der Waals surface area contributed by atoms with Gasteiger partial charge in [0.05, 0.1) is 18.3 Å². The van der Waals surface area contributed by atoms with Gasteiger partial charge in [0.2, 0.25) is 0 Å². The molecule has 2 aromatic rings. The number of hydrogen-bond acceptors (Lipinski definition) is 4. The van der Waals surface area contributed by atoms with Gasteiger partial charge in [0.1, 0.15) is 5.82 Å². The van der Waals surface area contributed by atoms with Crippen LogP contribution in [0.5, 0.6) is 0 Å². The van der Waals surface area contributed by atoms with Crippen molar-refractivity contribution < 1.29 is 0 Å². The molecule has 5 nitrogen and oxygen atoms in total. The molecule has 0 saturated carbocycles. The number of allylic oxidation sites excluding steroid dienone is 1. The number of fused-ring (bicyclic) bond motifs is 3. The van der Waals surface area contributed by atoms with Crippen molar-refractivity contribution in [1.29, 1.82) is 0 Å². The topological polar surface area (TPSA) is 37.2 Å². The third-order valence-electron chi connectivity index (χ3n) is 6.32.